The van der Waals surface area contributed by atoms with Crippen molar-refractivity contribution < 1.29 is 19.2 Å². The molecule has 2 aliphatic heterocycles. The summed E-state index contributed by atoms with van der Waals surface area (Å²) in [4.78, 5) is 58.7. The zero-order chi connectivity index (χ0) is 25.2. The minimum Gasteiger partial charge on any atom is -0.323 e. The van der Waals surface area contributed by atoms with Gasteiger partial charge in [-0.05, 0) is 54.4 Å². The van der Waals surface area contributed by atoms with Crippen LogP contribution in [0.2, 0.25) is 5.02 Å². The monoisotopic (exact) mass is 502 g/mol. The number of nitrogens with one attached hydrogen (secondary N) is 1. The molecule has 0 bridgehead atoms. The minimum atomic E-state index is -0.817. The van der Waals surface area contributed by atoms with E-state index >= 15 is 0 Å². The summed E-state index contributed by atoms with van der Waals surface area (Å²) in [7, 11) is 0. The summed E-state index contributed by atoms with van der Waals surface area (Å²) < 4.78 is 0. The van der Waals surface area contributed by atoms with E-state index in [1.165, 1.54) is 9.80 Å². The second-order valence-corrected chi connectivity index (χ2v) is 9.24. The second kappa shape index (κ2) is 9.91. The van der Waals surface area contributed by atoms with Crippen LogP contribution < -0.4 is 5.32 Å². The number of halogens is 1. The standard InChI is InChI=1S/C27H23ClN4O4/c28-19-10-11-21-22(14-19)30-25(34)23(15-20-4-1-2-12-29-20)32(27(21)36)16-17-6-8-18(9-7-17)26(35)31-13-3-5-24(31)33/h1-2,4,6-12,14,23H,3,5,13,15-16H2,(H,30,34). The lowest BCUT2D eigenvalue weighted by atomic mass is 10.0. The fourth-order valence-corrected chi connectivity index (χ4v) is 4.70. The van der Waals surface area contributed by atoms with Crippen molar-refractivity contribution in [3.63, 3.8) is 0 Å². The lowest BCUT2D eigenvalue weighted by molar-refractivity contribution is -0.125. The Morgan fingerprint density at radius 3 is 2.56 bits per heavy atom. The van der Waals surface area contributed by atoms with E-state index in [0.717, 1.165) is 5.56 Å². The normalized spacial score (nSPS) is 17.6. The molecule has 1 saturated heterocycles. The summed E-state index contributed by atoms with van der Waals surface area (Å²) in [5, 5.41) is 3.25. The fraction of sp³-hybridized carbons (Fsp3) is 0.222. The number of pyridine rings is 1. The maximum Gasteiger partial charge on any atom is 0.260 e. The topological polar surface area (TPSA) is 99.7 Å². The van der Waals surface area contributed by atoms with Gasteiger partial charge in [-0.2, -0.15) is 0 Å². The molecule has 1 fully saturated rings. The van der Waals surface area contributed by atoms with Crippen molar-refractivity contribution in [1.29, 1.82) is 0 Å². The van der Waals surface area contributed by atoms with Gasteiger partial charge in [-0.25, -0.2) is 0 Å². The third-order valence-corrected chi connectivity index (χ3v) is 6.65. The first kappa shape index (κ1) is 23.7. The first-order valence-corrected chi connectivity index (χ1v) is 12.0. The summed E-state index contributed by atoms with van der Waals surface area (Å²) >= 11 is 6.12. The summed E-state index contributed by atoms with van der Waals surface area (Å²) in [6.07, 6.45) is 2.93. The van der Waals surface area contributed by atoms with Gasteiger partial charge in [-0.15, -0.1) is 0 Å². The Morgan fingerprint density at radius 1 is 1.06 bits per heavy atom. The molecule has 0 saturated carbocycles. The van der Waals surface area contributed by atoms with Crippen molar-refractivity contribution in [1.82, 2.24) is 14.8 Å². The van der Waals surface area contributed by atoms with E-state index in [1.807, 2.05) is 12.1 Å². The lowest BCUT2D eigenvalue weighted by Gasteiger charge is -2.29. The molecule has 5 rings (SSSR count). The lowest BCUT2D eigenvalue weighted by Crippen LogP contribution is -2.46. The van der Waals surface area contributed by atoms with Gasteiger partial charge in [-0.3, -0.25) is 29.1 Å². The number of anilines is 1. The predicted octanol–water partition coefficient (Wildman–Crippen LogP) is 3.70. The van der Waals surface area contributed by atoms with Crippen molar-refractivity contribution >= 4 is 40.9 Å². The van der Waals surface area contributed by atoms with Crippen LogP contribution in [0.3, 0.4) is 0 Å². The molecule has 36 heavy (non-hydrogen) atoms. The van der Waals surface area contributed by atoms with E-state index in [1.54, 1.807) is 54.7 Å². The molecule has 2 aliphatic rings. The van der Waals surface area contributed by atoms with Crippen molar-refractivity contribution in [2.24, 2.45) is 0 Å². The van der Waals surface area contributed by atoms with E-state index in [0.29, 0.717) is 46.9 Å². The Kier molecular flexibility index (Phi) is 6.52. The molecule has 1 aromatic heterocycles. The third-order valence-electron chi connectivity index (χ3n) is 6.41. The number of nitrogens with zero attached hydrogens (tertiary/aromatic N) is 3. The van der Waals surface area contributed by atoms with Gasteiger partial charge in [0.25, 0.3) is 11.8 Å². The quantitative estimate of drug-likeness (QED) is 0.536. The Hall–Kier alpha value is -4.04. The average molecular weight is 503 g/mol. The number of fused-ring (bicyclic) bond motifs is 1. The number of carbonyl (C=O) groups is 4. The van der Waals surface area contributed by atoms with E-state index < -0.39 is 6.04 Å². The van der Waals surface area contributed by atoms with Crippen LogP contribution in [0, 0.1) is 0 Å². The van der Waals surface area contributed by atoms with Crippen LogP contribution in [0.4, 0.5) is 5.69 Å². The molecule has 1 unspecified atom stereocenters. The Morgan fingerprint density at radius 2 is 1.86 bits per heavy atom. The number of carbonyl (C=O) groups excluding carboxylic acids is 4. The molecule has 1 atom stereocenters. The van der Waals surface area contributed by atoms with Crippen molar-refractivity contribution in [3.05, 3.63) is 94.3 Å². The van der Waals surface area contributed by atoms with E-state index in [-0.39, 0.29) is 36.6 Å². The zero-order valence-corrected chi connectivity index (χ0v) is 20.1. The molecule has 3 aromatic rings. The van der Waals surface area contributed by atoms with E-state index in [4.69, 9.17) is 11.6 Å². The Bertz CT molecular complexity index is 1340. The van der Waals surface area contributed by atoms with Crippen molar-refractivity contribution in [2.75, 3.05) is 11.9 Å². The van der Waals surface area contributed by atoms with Crippen LogP contribution in [-0.2, 0) is 22.6 Å². The van der Waals surface area contributed by atoms with E-state index in [2.05, 4.69) is 10.3 Å². The molecular weight excluding hydrogens is 480 g/mol. The number of imide groups is 1. The number of likely N-dealkylation sites (tertiary alicyclic amines) is 1. The first-order chi connectivity index (χ1) is 17.4. The first-order valence-electron chi connectivity index (χ1n) is 11.7. The Labute approximate surface area is 212 Å². The fourth-order valence-electron chi connectivity index (χ4n) is 4.53. The average Bonchev–Trinajstić information content (AvgIpc) is 3.28. The maximum atomic E-state index is 13.7. The highest BCUT2D eigenvalue weighted by Crippen LogP contribution is 2.29. The second-order valence-electron chi connectivity index (χ2n) is 8.80. The zero-order valence-electron chi connectivity index (χ0n) is 19.3. The Balaban J connectivity index is 1.45. The molecule has 0 spiro atoms. The SMILES string of the molecule is O=C1Nc2cc(Cl)ccc2C(=O)N(Cc2ccc(C(=O)N3CCCC3=O)cc2)C1Cc1ccccn1. The number of hydrogen-bond donors (Lipinski definition) is 1. The van der Waals surface area contributed by atoms with Crippen molar-refractivity contribution in [2.45, 2.75) is 31.8 Å². The van der Waals surface area contributed by atoms with Gasteiger partial charge >= 0.3 is 0 Å². The van der Waals surface area contributed by atoms with Gasteiger partial charge < -0.3 is 10.2 Å². The maximum absolute atomic E-state index is 13.7. The van der Waals surface area contributed by atoms with Crippen LogP contribution in [0.25, 0.3) is 0 Å². The van der Waals surface area contributed by atoms with Crippen LogP contribution in [0.15, 0.2) is 66.9 Å². The number of rotatable bonds is 5. The van der Waals surface area contributed by atoms with E-state index in [9.17, 15) is 19.2 Å². The summed E-state index contributed by atoms with van der Waals surface area (Å²) in [5.74, 6) is -1.15. The molecule has 182 valence electrons. The highest BCUT2D eigenvalue weighted by molar-refractivity contribution is 6.31. The smallest absolute Gasteiger partial charge is 0.260 e. The van der Waals surface area contributed by atoms with Gasteiger partial charge in [0.15, 0.2) is 0 Å². The number of aromatic nitrogens is 1. The van der Waals surface area contributed by atoms with Gasteiger partial charge in [0.05, 0.1) is 11.3 Å². The van der Waals surface area contributed by atoms with Gasteiger partial charge in [0.2, 0.25) is 11.8 Å². The molecule has 9 heteroatoms. The van der Waals surface area contributed by atoms with Gasteiger partial charge in [-0.1, -0.05) is 29.8 Å². The predicted molar refractivity (Wildman–Crippen MR) is 133 cm³/mol. The highest BCUT2D eigenvalue weighted by Gasteiger charge is 2.36. The van der Waals surface area contributed by atoms with Crippen LogP contribution in [0.5, 0.6) is 0 Å². The summed E-state index contributed by atoms with van der Waals surface area (Å²) in [5.41, 5.74) is 2.52. The number of hydrogen-bond acceptors (Lipinski definition) is 5. The van der Waals surface area contributed by atoms with Gasteiger partial charge in [0, 0.05) is 48.4 Å². The van der Waals surface area contributed by atoms with Crippen LogP contribution in [-0.4, -0.2) is 51.0 Å². The number of amides is 4. The molecule has 4 amide bonds. The molecule has 0 aliphatic carbocycles. The summed E-state index contributed by atoms with van der Waals surface area (Å²) in [6.45, 7) is 0.568. The molecule has 0 radical (unpaired) electrons. The molecule has 1 N–H and O–H groups in total. The van der Waals surface area contributed by atoms with Crippen LogP contribution in [0.1, 0.15) is 44.8 Å². The third kappa shape index (κ3) is 4.72. The highest BCUT2D eigenvalue weighted by atomic mass is 35.5. The molecule has 8 nitrogen and oxygen atoms in total. The largest absolute Gasteiger partial charge is 0.323 e. The number of benzene rings is 2. The molecule has 3 heterocycles. The molecule has 2 aromatic carbocycles. The van der Waals surface area contributed by atoms with Crippen molar-refractivity contribution in [3.8, 4) is 0 Å². The van der Waals surface area contributed by atoms with Crippen LogP contribution >= 0.6 is 11.6 Å². The summed E-state index contributed by atoms with van der Waals surface area (Å²) in [6, 6.07) is 16.2. The molecular formula is C27H23ClN4O4. The van der Waals surface area contributed by atoms with Gasteiger partial charge in [0.1, 0.15) is 6.04 Å². The minimum absolute atomic E-state index is 0.142.